The molecule has 136 valence electrons. The normalized spacial score (nSPS) is 14.0. The number of ether oxygens (including phenoxy) is 1. The van der Waals surface area contributed by atoms with Gasteiger partial charge in [-0.25, -0.2) is 0 Å². The van der Waals surface area contributed by atoms with E-state index in [1.54, 1.807) is 13.8 Å². The van der Waals surface area contributed by atoms with Gasteiger partial charge in [-0.1, -0.05) is 13.8 Å². The van der Waals surface area contributed by atoms with Crippen LogP contribution in [0, 0.1) is 5.92 Å². The Balaban J connectivity index is 2.94. The predicted octanol–water partition coefficient (Wildman–Crippen LogP) is 1.78. The molecule has 1 rings (SSSR count). The van der Waals surface area contributed by atoms with Gasteiger partial charge in [0.2, 0.25) is 0 Å². The number of alkyl halides is 2. The summed E-state index contributed by atoms with van der Waals surface area (Å²) in [5, 5.41) is 0. The summed E-state index contributed by atoms with van der Waals surface area (Å²) in [5.41, 5.74) is 0. The van der Waals surface area contributed by atoms with Gasteiger partial charge in [0.25, 0.3) is 0 Å². The summed E-state index contributed by atoms with van der Waals surface area (Å²) in [6.45, 7) is 3.40. The molecule has 0 spiro atoms. The van der Waals surface area contributed by atoms with E-state index in [-0.39, 0.29) is 11.7 Å². The maximum absolute atomic E-state index is 13.2. The zero-order chi connectivity index (χ0) is 18.8. The van der Waals surface area contributed by atoms with E-state index in [0.717, 1.165) is 24.3 Å². The number of rotatable bonds is 7. The monoisotopic (exact) mass is 388 g/mol. The van der Waals surface area contributed by atoms with Crippen LogP contribution in [0.15, 0.2) is 24.3 Å². The molecule has 1 aromatic carbocycles. The number of hydrogen-bond acceptors (Lipinski definition) is 7. The first-order valence-electron chi connectivity index (χ1n) is 6.42. The van der Waals surface area contributed by atoms with E-state index in [1.165, 1.54) is 0 Å². The third-order valence-corrected chi connectivity index (χ3v) is 5.69. The summed E-state index contributed by atoms with van der Waals surface area (Å²) in [4.78, 5) is 11.6. The number of esters is 1. The fourth-order valence-corrected chi connectivity index (χ4v) is 2.85. The van der Waals surface area contributed by atoms with Crippen molar-refractivity contribution in [3.05, 3.63) is 24.3 Å². The molecule has 0 bridgehead atoms. The van der Waals surface area contributed by atoms with Crippen molar-refractivity contribution < 1.29 is 43.9 Å². The first-order chi connectivity index (χ1) is 10.8. The number of benzene rings is 1. The zero-order valence-electron chi connectivity index (χ0n) is 12.5. The van der Waals surface area contributed by atoms with Gasteiger partial charge in [0.1, 0.15) is 11.5 Å². The molecule has 1 unspecified atom stereocenters. The first-order valence-corrected chi connectivity index (χ1v) is 9.27. The van der Waals surface area contributed by atoms with Gasteiger partial charge >= 0.3 is 30.8 Å². The highest BCUT2D eigenvalue weighted by molar-refractivity contribution is 8.05. The average Bonchev–Trinajstić information content (AvgIpc) is 2.46. The largest absolute Gasteiger partial charge is 0.506 e. The molecule has 0 saturated carbocycles. The van der Waals surface area contributed by atoms with Crippen molar-refractivity contribution in [2.45, 2.75) is 24.9 Å². The lowest BCUT2D eigenvalue weighted by Crippen LogP contribution is -2.40. The van der Waals surface area contributed by atoms with Crippen molar-refractivity contribution in [2.24, 2.45) is 5.92 Å². The van der Waals surface area contributed by atoms with E-state index in [2.05, 4.69) is 4.18 Å². The van der Waals surface area contributed by atoms with Crippen LogP contribution in [0.25, 0.3) is 0 Å². The Hall–Kier alpha value is -1.79. The van der Waals surface area contributed by atoms with E-state index in [9.17, 15) is 30.4 Å². The maximum Gasteiger partial charge on any atom is 0.506 e. The predicted molar refractivity (Wildman–Crippen MR) is 77.6 cm³/mol. The van der Waals surface area contributed by atoms with Crippen molar-refractivity contribution >= 4 is 26.2 Å². The van der Waals surface area contributed by atoms with Crippen LogP contribution < -0.4 is 8.92 Å². The third kappa shape index (κ3) is 4.39. The molecule has 0 aliphatic carbocycles. The SMILES string of the molecule is CCC(C)C(=O)Oc1ccc(OS(=O)(=O)C(F)(F)S(=O)(=O)O)cc1. The van der Waals surface area contributed by atoms with Gasteiger partial charge in [0.05, 0.1) is 5.92 Å². The smallest absolute Gasteiger partial charge is 0.426 e. The van der Waals surface area contributed by atoms with Gasteiger partial charge in [-0.05, 0) is 30.7 Å². The van der Waals surface area contributed by atoms with E-state index in [1.807, 2.05) is 0 Å². The molecule has 0 amide bonds. The Kier molecular flexibility index (Phi) is 5.90. The number of hydrogen-bond donors (Lipinski definition) is 1. The van der Waals surface area contributed by atoms with Crippen molar-refractivity contribution in [3.8, 4) is 11.5 Å². The van der Waals surface area contributed by atoms with E-state index < -0.39 is 36.5 Å². The van der Waals surface area contributed by atoms with E-state index >= 15 is 0 Å². The second-order valence-electron chi connectivity index (χ2n) is 4.68. The topological polar surface area (TPSA) is 124 Å². The van der Waals surface area contributed by atoms with Crippen LogP contribution >= 0.6 is 0 Å². The Morgan fingerprint density at radius 1 is 1.17 bits per heavy atom. The Labute approximate surface area is 137 Å². The minimum atomic E-state index is -6.23. The standard InChI is InChI=1S/C12H14F2O8S2/c1-3-8(2)11(15)21-9-4-6-10(7-5-9)22-24(19,20)12(13,14)23(16,17)18/h4-8H,3H2,1-2H3,(H,16,17,18). The molecule has 0 radical (unpaired) electrons. The summed E-state index contributed by atoms with van der Waals surface area (Å²) in [6.07, 6.45) is 0.531. The lowest BCUT2D eigenvalue weighted by Gasteiger charge is -2.14. The molecule has 0 saturated heterocycles. The van der Waals surface area contributed by atoms with E-state index in [0.29, 0.717) is 6.42 Å². The molecule has 1 aromatic rings. The minimum Gasteiger partial charge on any atom is -0.426 e. The molecule has 1 N–H and O–H groups in total. The molecule has 0 aliphatic heterocycles. The molecule has 1 atom stereocenters. The summed E-state index contributed by atoms with van der Waals surface area (Å²) < 4.78 is 81.4. The van der Waals surface area contributed by atoms with Crippen LogP contribution in [-0.2, 0) is 25.0 Å². The maximum atomic E-state index is 13.2. The molecule has 12 heteroatoms. The summed E-state index contributed by atoms with van der Waals surface area (Å²) >= 11 is 0. The lowest BCUT2D eigenvalue weighted by molar-refractivity contribution is -0.138. The fraction of sp³-hybridized carbons (Fsp3) is 0.417. The zero-order valence-corrected chi connectivity index (χ0v) is 14.1. The van der Waals surface area contributed by atoms with Crippen molar-refractivity contribution in [1.82, 2.24) is 0 Å². The summed E-state index contributed by atoms with van der Waals surface area (Å²) in [6, 6.07) is 3.88. The van der Waals surface area contributed by atoms with Crippen molar-refractivity contribution in [3.63, 3.8) is 0 Å². The molecule has 0 aromatic heterocycles. The van der Waals surface area contributed by atoms with Crippen LogP contribution in [0.4, 0.5) is 8.78 Å². The average molecular weight is 388 g/mol. The van der Waals surface area contributed by atoms with Crippen LogP contribution in [0.2, 0.25) is 0 Å². The van der Waals surface area contributed by atoms with Gasteiger partial charge in [-0.15, -0.1) is 0 Å². The highest BCUT2D eigenvalue weighted by Gasteiger charge is 2.59. The molecule has 8 nitrogen and oxygen atoms in total. The third-order valence-electron chi connectivity index (χ3n) is 2.85. The second kappa shape index (κ2) is 6.99. The quantitative estimate of drug-likeness (QED) is 0.324. The Morgan fingerprint density at radius 3 is 2.04 bits per heavy atom. The highest BCUT2D eigenvalue weighted by Crippen LogP contribution is 2.31. The summed E-state index contributed by atoms with van der Waals surface area (Å²) in [5.74, 6) is -1.58. The van der Waals surface area contributed by atoms with Gasteiger partial charge in [0.15, 0.2) is 0 Å². The molecular weight excluding hydrogens is 374 g/mol. The molecule has 0 fully saturated rings. The Morgan fingerprint density at radius 2 is 1.62 bits per heavy atom. The first kappa shape index (κ1) is 20.3. The van der Waals surface area contributed by atoms with Crippen LogP contribution in [0.1, 0.15) is 20.3 Å². The van der Waals surface area contributed by atoms with Crippen molar-refractivity contribution in [2.75, 3.05) is 0 Å². The fourth-order valence-electron chi connectivity index (χ4n) is 1.25. The molecule has 0 heterocycles. The van der Waals surface area contributed by atoms with Crippen molar-refractivity contribution in [1.29, 1.82) is 0 Å². The molecule has 0 aliphatic rings. The van der Waals surface area contributed by atoms with Gasteiger partial charge < -0.3 is 8.92 Å². The Bertz CT molecular complexity index is 800. The van der Waals surface area contributed by atoms with Gasteiger partial charge in [-0.2, -0.15) is 25.6 Å². The van der Waals surface area contributed by atoms with Gasteiger partial charge in [-0.3, -0.25) is 9.35 Å². The minimum absolute atomic E-state index is 0.00610. The molecule has 24 heavy (non-hydrogen) atoms. The van der Waals surface area contributed by atoms with Crippen LogP contribution in [0.3, 0.4) is 0 Å². The van der Waals surface area contributed by atoms with E-state index in [4.69, 9.17) is 9.29 Å². The summed E-state index contributed by atoms with van der Waals surface area (Å²) in [7, 11) is -12.2. The molecular formula is C12H14F2O8S2. The lowest BCUT2D eigenvalue weighted by atomic mass is 10.1. The van der Waals surface area contributed by atoms with Crippen LogP contribution in [0.5, 0.6) is 11.5 Å². The van der Waals surface area contributed by atoms with Gasteiger partial charge in [0, 0.05) is 0 Å². The van der Waals surface area contributed by atoms with Crippen LogP contribution in [-0.4, -0.2) is 31.9 Å². The number of carbonyl (C=O) groups is 1. The number of carbonyl (C=O) groups excluding carboxylic acids is 1. The second-order valence-corrected chi connectivity index (χ2v) is 7.99. The highest BCUT2D eigenvalue weighted by atomic mass is 32.3. The number of halogens is 2.